The van der Waals surface area contributed by atoms with Crippen LogP contribution in [0.3, 0.4) is 0 Å². The van der Waals surface area contributed by atoms with Crippen LogP contribution in [0, 0.1) is 36.0 Å². The Morgan fingerprint density at radius 2 is 1.70 bits per heavy atom. The molecule has 9 rings (SSSR count). The molecule has 2 aliphatic carbocycles. The molecule has 6 atom stereocenters. The molecule has 1 N–H and O–H groups in total. The highest BCUT2D eigenvalue weighted by Gasteiger charge is 2.68. The lowest BCUT2D eigenvalue weighted by atomic mass is 9.51. The van der Waals surface area contributed by atoms with Crippen LogP contribution in [0.5, 0.6) is 11.5 Å². The number of rotatable bonds is 5. The summed E-state index contributed by atoms with van der Waals surface area (Å²) < 4.78 is 47.2. The third-order valence-corrected chi connectivity index (χ3v) is 13.6. The van der Waals surface area contributed by atoms with Crippen LogP contribution in [-0.2, 0) is 26.2 Å². The summed E-state index contributed by atoms with van der Waals surface area (Å²) in [6.07, 6.45) is -3.19. The molecule has 0 spiro atoms. The predicted molar refractivity (Wildman–Crippen MR) is 202 cm³/mol. The summed E-state index contributed by atoms with van der Waals surface area (Å²) in [6, 6.07) is 18.7. The molecule has 3 fully saturated rings. The molecule has 6 unspecified atom stereocenters. The van der Waals surface area contributed by atoms with Crippen molar-refractivity contribution in [1.82, 2.24) is 9.78 Å². The van der Waals surface area contributed by atoms with Gasteiger partial charge in [-0.05, 0) is 92.1 Å². The first kappa shape index (κ1) is 36.2. The molecular weight excluding hydrogens is 769 g/mol. The molecule has 4 aliphatic rings. The number of hydrogen-bond donors (Lipinski definition) is 1. The van der Waals surface area contributed by atoms with Crippen LogP contribution in [0.15, 0.2) is 84.4 Å². The summed E-state index contributed by atoms with van der Waals surface area (Å²) >= 11 is 7.77. The van der Waals surface area contributed by atoms with Crippen molar-refractivity contribution in [3.8, 4) is 22.1 Å². The minimum Gasteiger partial charge on any atom is -0.508 e. The van der Waals surface area contributed by atoms with E-state index in [1.165, 1.54) is 16.0 Å². The zero-order valence-corrected chi connectivity index (χ0v) is 31.6. The Morgan fingerprint density at radius 3 is 2.43 bits per heavy atom. The van der Waals surface area contributed by atoms with Crippen LogP contribution in [0.2, 0.25) is 5.02 Å². The number of carbonyl (C=O) groups is 4. The second-order valence-corrected chi connectivity index (χ2v) is 16.5. The minimum atomic E-state index is -5.06. The molecule has 4 amide bonds. The average Bonchev–Trinajstić information content (AvgIpc) is 3.82. The lowest BCUT2D eigenvalue weighted by Crippen LogP contribution is -2.49. The Kier molecular flexibility index (Phi) is 8.09. The highest BCUT2D eigenvalue weighted by molar-refractivity contribution is 7.22. The fourth-order valence-electron chi connectivity index (χ4n) is 9.59. The lowest BCUT2D eigenvalue weighted by Gasteiger charge is -2.49. The quantitative estimate of drug-likeness (QED) is 0.140. The Hall–Kier alpha value is -5.47. The summed E-state index contributed by atoms with van der Waals surface area (Å²) in [6.45, 7) is 3.52. The molecule has 5 aromatic rings. The van der Waals surface area contributed by atoms with Gasteiger partial charge >= 0.3 is 6.36 Å². The summed E-state index contributed by atoms with van der Waals surface area (Å²) in [5, 5.41) is 17.6. The number of aromatic nitrogens is 2. The van der Waals surface area contributed by atoms with E-state index in [2.05, 4.69) is 4.74 Å². The fraction of sp³-hybridized carbons (Fsp3) is 0.293. The molecule has 0 bridgehead atoms. The number of aryl methyl sites for hydroxylation is 2. The third-order valence-electron chi connectivity index (χ3n) is 12.0. The van der Waals surface area contributed by atoms with Crippen LogP contribution in [0.4, 0.5) is 24.7 Å². The molecule has 2 aliphatic heterocycles. The summed E-state index contributed by atoms with van der Waals surface area (Å²) in [7, 11) is 1.61. The molecule has 3 aromatic carbocycles. The Bertz CT molecular complexity index is 2570. The molecule has 15 heteroatoms. The molecule has 2 aromatic heterocycles. The average molecular weight is 801 g/mol. The summed E-state index contributed by atoms with van der Waals surface area (Å²) in [5.41, 5.74) is 0.596. The molecule has 1 saturated carbocycles. The zero-order valence-electron chi connectivity index (χ0n) is 30.0. The number of phenols is 1. The number of allylic oxidation sites excluding steroid dienone is 2. The topological polar surface area (TPSA) is 122 Å². The number of halogens is 4. The number of phenolic OH excluding ortho intramolecular Hbond substituents is 1. The van der Waals surface area contributed by atoms with Crippen LogP contribution in [0.1, 0.15) is 36.8 Å². The van der Waals surface area contributed by atoms with Gasteiger partial charge in [-0.2, -0.15) is 5.10 Å². The number of aromatic hydroxyl groups is 1. The van der Waals surface area contributed by atoms with Gasteiger partial charge in [0.1, 0.15) is 23.0 Å². The van der Waals surface area contributed by atoms with Gasteiger partial charge in [0.15, 0.2) is 0 Å². The number of thiophene rings is 1. The normalized spacial score (nSPS) is 26.1. The Balaban J connectivity index is 1.18. The molecule has 10 nitrogen and oxygen atoms in total. The van der Waals surface area contributed by atoms with Crippen molar-refractivity contribution in [2.45, 2.75) is 39.0 Å². The van der Waals surface area contributed by atoms with E-state index in [-0.39, 0.29) is 24.2 Å². The Morgan fingerprint density at radius 1 is 0.946 bits per heavy atom. The number of imide groups is 2. The molecule has 56 heavy (non-hydrogen) atoms. The van der Waals surface area contributed by atoms with Crippen molar-refractivity contribution < 1.29 is 42.2 Å². The molecule has 4 heterocycles. The van der Waals surface area contributed by atoms with E-state index in [0.29, 0.717) is 22.0 Å². The lowest BCUT2D eigenvalue weighted by molar-refractivity contribution is -0.274. The maximum Gasteiger partial charge on any atom is 0.573 e. The zero-order chi connectivity index (χ0) is 39.6. The first-order valence-electron chi connectivity index (χ1n) is 17.9. The van der Waals surface area contributed by atoms with Crippen molar-refractivity contribution in [2.75, 3.05) is 9.80 Å². The van der Waals surface area contributed by atoms with E-state index in [1.54, 1.807) is 62.5 Å². The number of benzene rings is 3. The SMILES string of the molecule is Cc1c(-c2cc(N3C(=O)C4CC5C(=CCC6C(=O)N(c7ccccc7)C(=O)C65)C(c5cc(OC(F)(F)F)ccc5O)C4(C)C3=O)n(C)n2)sc2ccc(Cl)cc12. The highest BCUT2D eigenvalue weighted by Crippen LogP contribution is 2.65. The number of anilines is 2. The maximum absolute atomic E-state index is 15.1. The first-order valence-corrected chi connectivity index (χ1v) is 19.1. The van der Waals surface area contributed by atoms with Gasteiger partial charge in [-0.1, -0.05) is 41.4 Å². The van der Waals surface area contributed by atoms with Gasteiger partial charge in [0.25, 0.3) is 0 Å². The number of amides is 4. The number of hydrogen-bond acceptors (Lipinski definition) is 8. The van der Waals surface area contributed by atoms with E-state index in [1.807, 2.05) is 19.1 Å². The van der Waals surface area contributed by atoms with Gasteiger partial charge < -0.3 is 9.84 Å². The van der Waals surface area contributed by atoms with Crippen LogP contribution in [0.25, 0.3) is 20.7 Å². The van der Waals surface area contributed by atoms with E-state index >= 15 is 4.79 Å². The number of nitrogens with zero attached hydrogens (tertiary/aromatic N) is 4. The van der Waals surface area contributed by atoms with E-state index in [9.17, 15) is 32.7 Å². The van der Waals surface area contributed by atoms with E-state index < -0.39 is 76.5 Å². The van der Waals surface area contributed by atoms with E-state index in [0.717, 1.165) is 48.5 Å². The Labute approximate surface area is 326 Å². The number of fused-ring (bicyclic) bond motifs is 5. The van der Waals surface area contributed by atoms with Crippen LogP contribution >= 0.6 is 22.9 Å². The highest BCUT2D eigenvalue weighted by atomic mass is 35.5. The van der Waals surface area contributed by atoms with Crippen molar-refractivity contribution in [3.63, 3.8) is 0 Å². The largest absolute Gasteiger partial charge is 0.573 e. The van der Waals surface area contributed by atoms with Gasteiger partial charge in [-0.3, -0.25) is 28.8 Å². The fourth-order valence-corrected chi connectivity index (χ4v) is 10.9. The van der Waals surface area contributed by atoms with Crippen molar-refractivity contribution in [3.05, 3.63) is 101 Å². The monoisotopic (exact) mass is 800 g/mol. The molecule has 2 saturated heterocycles. The number of carbonyl (C=O) groups excluding carboxylic acids is 4. The van der Waals surface area contributed by atoms with Gasteiger partial charge in [0, 0.05) is 34.3 Å². The molecule has 286 valence electrons. The van der Waals surface area contributed by atoms with Crippen LogP contribution in [-0.4, -0.2) is 44.9 Å². The minimum absolute atomic E-state index is 0.00309. The van der Waals surface area contributed by atoms with Crippen molar-refractivity contribution in [2.24, 2.45) is 36.1 Å². The van der Waals surface area contributed by atoms with Gasteiger partial charge in [0.05, 0.1) is 33.7 Å². The summed E-state index contributed by atoms with van der Waals surface area (Å²) in [5.74, 6) is -7.70. The van der Waals surface area contributed by atoms with Crippen molar-refractivity contribution >= 4 is 68.2 Å². The van der Waals surface area contributed by atoms with Crippen LogP contribution < -0.4 is 14.5 Å². The third kappa shape index (κ3) is 5.25. The first-order chi connectivity index (χ1) is 26.6. The van der Waals surface area contributed by atoms with Gasteiger partial charge in [0.2, 0.25) is 23.6 Å². The smallest absolute Gasteiger partial charge is 0.508 e. The summed E-state index contributed by atoms with van der Waals surface area (Å²) in [4.78, 5) is 61.2. The molecule has 0 radical (unpaired) electrons. The second-order valence-electron chi connectivity index (χ2n) is 15.0. The number of ether oxygens (including phenoxy) is 1. The predicted octanol–water partition coefficient (Wildman–Crippen LogP) is 8.30. The van der Waals surface area contributed by atoms with Gasteiger partial charge in [-0.15, -0.1) is 24.5 Å². The van der Waals surface area contributed by atoms with Crippen molar-refractivity contribution in [1.29, 1.82) is 0 Å². The van der Waals surface area contributed by atoms with Gasteiger partial charge in [-0.25, -0.2) is 4.90 Å². The number of para-hydroxylation sites is 1. The maximum atomic E-state index is 15.1. The van der Waals surface area contributed by atoms with E-state index in [4.69, 9.17) is 16.7 Å². The second kappa shape index (κ2) is 12.5. The number of alkyl halides is 3. The molecular formula is C41H32ClF3N4O6S. The standard InChI is InChI=1S/C41H32ClF3N4O6S/c1-19-25-15-20(42)9-14-31(25)56-35(19)29-18-32(47(3)46-29)49-37(52)28-17-26-23(11-12-24-33(26)38(53)48(36(24)51)21-7-5-4-6-8-21)34(40(28,2)39(49)54)27-16-22(10-13-30(27)50)55-41(43,44)45/h4-11,13-16,18,24,26,28,33-34,50H,12,17H2,1-3H3.